The van der Waals surface area contributed by atoms with Crippen molar-refractivity contribution in [2.45, 2.75) is 38.6 Å². The van der Waals surface area contributed by atoms with Gasteiger partial charge in [-0.3, -0.25) is 0 Å². The third-order valence-electron chi connectivity index (χ3n) is 3.75. The van der Waals surface area contributed by atoms with Gasteiger partial charge >= 0.3 is 0 Å². The van der Waals surface area contributed by atoms with Gasteiger partial charge in [0.15, 0.2) is 5.84 Å². The molecular weight excluding hydrogens is 262 g/mol. The number of hydrogen-bond donors (Lipinski definition) is 2. The molecule has 1 aliphatic heterocycles. The highest BCUT2D eigenvalue weighted by atomic mass is 35.5. The number of halogens is 1. The molecule has 0 aromatic heterocycles. The molecule has 0 aliphatic carbocycles. The maximum Gasteiger partial charge on any atom is 0.172 e. The molecule has 1 heterocycles. The van der Waals surface area contributed by atoms with Crippen LogP contribution in [0, 0.1) is 0 Å². The Balaban J connectivity index is 2.42. The second-order valence-corrected chi connectivity index (χ2v) is 5.33. The predicted octanol–water partition coefficient (Wildman–Crippen LogP) is 3.20. The third kappa shape index (κ3) is 2.95. The van der Waals surface area contributed by atoms with Gasteiger partial charge in [0.25, 0.3) is 0 Å². The van der Waals surface area contributed by atoms with Crippen LogP contribution in [0.1, 0.15) is 38.2 Å². The van der Waals surface area contributed by atoms with Crippen LogP contribution in [0.25, 0.3) is 0 Å². The molecule has 1 atom stereocenters. The molecule has 4 nitrogen and oxygen atoms in total. The van der Waals surface area contributed by atoms with Crippen molar-refractivity contribution < 1.29 is 5.21 Å². The number of hydrogen-bond acceptors (Lipinski definition) is 3. The van der Waals surface area contributed by atoms with Gasteiger partial charge in [-0.2, -0.15) is 0 Å². The molecule has 5 heteroatoms. The third-order valence-corrected chi connectivity index (χ3v) is 3.99. The first-order valence-corrected chi connectivity index (χ1v) is 7.09. The molecule has 0 saturated carbocycles. The van der Waals surface area contributed by atoms with E-state index in [2.05, 4.69) is 17.0 Å². The van der Waals surface area contributed by atoms with E-state index in [4.69, 9.17) is 22.5 Å². The van der Waals surface area contributed by atoms with Gasteiger partial charge in [0.05, 0.1) is 0 Å². The highest BCUT2D eigenvalue weighted by Crippen LogP contribution is 2.31. The van der Waals surface area contributed by atoms with Gasteiger partial charge in [-0.1, -0.05) is 23.7 Å². The van der Waals surface area contributed by atoms with Gasteiger partial charge in [0.1, 0.15) is 0 Å². The van der Waals surface area contributed by atoms with Gasteiger partial charge < -0.3 is 15.8 Å². The van der Waals surface area contributed by atoms with Gasteiger partial charge in [0.2, 0.25) is 0 Å². The standard InChI is InChI=1S/C14H20ClN3O/c1-2-11-5-3-4-8-18(11)13-7-6-10(15)9-12(13)14(16)17-19/h6-7,9,11,19H,2-5,8H2,1H3,(H2,16,17). The van der Waals surface area contributed by atoms with Gasteiger partial charge in [-0.05, 0) is 43.9 Å². The summed E-state index contributed by atoms with van der Waals surface area (Å²) in [6.45, 7) is 3.20. The average Bonchev–Trinajstić information content (AvgIpc) is 2.46. The maximum absolute atomic E-state index is 8.93. The van der Waals surface area contributed by atoms with E-state index in [1.807, 2.05) is 12.1 Å². The maximum atomic E-state index is 8.93. The van der Waals surface area contributed by atoms with Crippen molar-refractivity contribution in [3.63, 3.8) is 0 Å². The zero-order chi connectivity index (χ0) is 13.8. The fourth-order valence-electron chi connectivity index (χ4n) is 2.76. The molecule has 1 unspecified atom stereocenters. The summed E-state index contributed by atoms with van der Waals surface area (Å²) < 4.78 is 0. The second kappa shape index (κ2) is 6.15. The minimum Gasteiger partial charge on any atom is -0.409 e. The lowest BCUT2D eigenvalue weighted by molar-refractivity contribution is 0.318. The van der Waals surface area contributed by atoms with E-state index in [1.54, 1.807) is 6.07 Å². The Morgan fingerprint density at radius 3 is 3.00 bits per heavy atom. The monoisotopic (exact) mass is 281 g/mol. The van der Waals surface area contributed by atoms with Crippen LogP contribution in [0.15, 0.2) is 23.4 Å². The highest BCUT2D eigenvalue weighted by Gasteiger charge is 2.24. The molecule has 1 aliphatic rings. The zero-order valence-electron chi connectivity index (χ0n) is 11.1. The molecular formula is C14H20ClN3O. The molecule has 3 N–H and O–H groups in total. The Hall–Kier alpha value is -1.42. The fraction of sp³-hybridized carbons (Fsp3) is 0.500. The molecule has 0 radical (unpaired) electrons. The fourth-order valence-corrected chi connectivity index (χ4v) is 2.93. The number of anilines is 1. The first-order chi connectivity index (χ1) is 9.17. The summed E-state index contributed by atoms with van der Waals surface area (Å²) in [6.07, 6.45) is 4.73. The zero-order valence-corrected chi connectivity index (χ0v) is 11.9. The number of rotatable bonds is 3. The van der Waals surface area contributed by atoms with E-state index in [-0.39, 0.29) is 5.84 Å². The Morgan fingerprint density at radius 1 is 1.53 bits per heavy atom. The van der Waals surface area contributed by atoms with Crippen molar-refractivity contribution >= 4 is 23.1 Å². The van der Waals surface area contributed by atoms with E-state index in [9.17, 15) is 0 Å². The largest absolute Gasteiger partial charge is 0.409 e. The minimum atomic E-state index is 0.109. The molecule has 19 heavy (non-hydrogen) atoms. The lowest BCUT2D eigenvalue weighted by atomic mass is 9.97. The number of amidine groups is 1. The molecule has 0 amide bonds. The van der Waals surface area contributed by atoms with Gasteiger partial charge in [0, 0.05) is 28.9 Å². The summed E-state index contributed by atoms with van der Waals surface area (Å²) in [7, 11) is 0. The van der Waals surface area contributed by atoms with Gasteiger partial charge in [-0.15, -0.1) is 0 Å². The number of nitrogens with two attached hydrogens (primary N) is 1. The number of nitrogens with zero attached hydrogens (tertiary/aromatic N) is 2. The van der Waals surface area contributed by atoms with Crippen molar-refractivity contribution in [3.8, 4) is 0 Å². The topological polar surface area (TPSA) is 61.8 Å². The lowest BCUT2D eigenvalue weighted by Gasteiger charge is -2.38. The summed E-state index contributed by atoms with van der Waals surface area (Å²) in [5, 5.41) is 12.6. The van der Waals surface area contributed by atoms with Gasteiger partial charge in [-0.25, -0.2) is 0 Å². The van der Waals surface area contributed by atoms with Crippen LogP contribution in [-0.4, -0.2) is 23.6 Å². The van der Waals surface area contributed by atoms with E-state index in [0.717, 1.165) is 18.7 Å². The quantitative estimate of drug-likeness (QED) is 0.387. The molecule has 0 spiro atoms. The summed E-state index contributed by atoms with van der Waals surface area (Å²) in [6, 6.07) is 6.09. The van der Waals surface area contributed by atoms with E-state index in [0.29, 0.717) is 16.6 Å². The minimum absolute atomic E-state index is 0.109. The Kier molecular flexibility index (Phi) is 4.53. The smallest absolute Gasteiger partial charge is 0.172 e. The van der Waals surface area contributed by atoms with Crippen LogP contribution in [0.5, 0.6) is 0 Å². The van der Waals surface area contributed by atoms with Crippen LogP contribution in [0.3, 0.4) is 0 Å². The molecule has 1 aromatic carbocycles. The molecule has 1 aromatic rings. The Bertz CT molecular complexity index is 476. The first-order valence-electron chi connectivity index (χ1n) is 6.71. The van der Waals surface area contributed by atoms with Crippen molar-refractivity contribution in [2.75, 3.05) is 11.4 Å². The van der Waals surface area contributed by atoms with Crippen molar-refractivity contribution in [1.82, 2.24) is 0 Å². The summed E-state index contributed by atoms with van der Waals surface area (Å²) in [5.74, 6) is 0.109. The predicted molar refractivity (Wildman–Crippen MR) is 79.2 cm³/mol. The first kappa shape index (κ1) is 14.0. The van der Waals surface area contributed by atoms with Crippen molar-refractivity contribution in [2.24, 2.45) is 10.9 Å². The van der Waals surface area contributed by atoms with Crippen LogP contribution in [-0.2, 0) is 0 Å². The molecule has 104 valence electrons. The van der Waals surface area contributed by atoms with Crippen LogP contribution < -0.4 is 10.6 Å². The SMILES string of the molecule is CCC1CCCCN1c1ccc(Cl)cc1/C(N)=N/O. The molecule has 1 fully saturated rings. The van der Waals surface area contributed by atoms with E-state index < -0.39 is 0 Å². The highest BCUT2D eigenvalue weighted by molar-refractivity contribution is 6.31. The lowest BCUT2D eigenvalue weighted by Crippen LogP contribution is -2.40. The van der Waals surface area contributed by atoms with Crippen LogP contribution in [0.4, 0.5) is 5.69 Å². The molecule has 1 saturated heterocycles. The normalized spacial score (nSPS) is 20.6. The average molecular weight is 282 g/mol. The van der Waals surface area contributed by atoms with Crippen LogP contribution >= 0.6 is 11.6 Å². The number of piperidine rings is 1. The summed E-state index contributed by atoms with van der Waals surface area (Å²) >= 11 is 6.02. The summed E-state index contributed by atoms with van der Waals surface area (Å²) in [4.78, 5) is 2.35. The van der Waals surface area contributed by atoms with E-state index in [1.165, 1.54) is 19.3 Å². The number of oxime groups is 1. The molecule has 0 bridgehead atoms. The Morgan fingerprint density at radius 2 is 2.32 bits per heavy atom. The Labute approximate surface area is 118 Å². The van der Waals surface area contributed by atoms with Crippen LogP contribution in [0.2, 0.25) is 5.02 Å². The number of benzene rings is 1. The van der Waals surface area contributed by atoms with Crippen molar-refractivity contribution in [3.05, 3.63) is 28.8 Å². The van der Waals surface area contributed by atoms with E-state index >= 15 is 0 Å². The summed E-state index contributed by atoms with van der Waals surface area (Å²) in [5.41, 5.74) is 7.48. The van der Waals surface area contributed by atoms with Crippen molar-refractivity contribution in [1.29, 1.82) is 0 Å². The second-order valence-electron chi connectivity index (χ2n) is 4.90. The molecule has 2 rings (SSSR count).